The monoisotopic (exact) mass is 1140 g/mol. The van der Waals surface area contributed by atoms with Crippen molar-refractivity contribution in [2.75, 3.05) is 70.1 Å². The van der Waals surface area contributed by atoms with Gasteiger partial charge in [0, 0.05) is 66.3 Å². The molecule has 0 bridgehead atoms. The van der Waals surface area contributed by atoms with Crippen LogP contribution in [0.15, 0.2) is 145 Å². The number of halogens is 1. The summed E-state index contributed by atoms with van der Waals surface area (Å²) in [7, 11) is 8.07. The molecule has 14 heteroatoms. The summed E-state index contributed by atoms with van der Waals surface area (Å²) >= 11 is 5.37. The van der Waals surface area contributed by atoms with Gasteiger partial charge in [-0.05, 0) is 144 Å². The van der Waals surface area contributed by atoms with E-state index >= 15 is 0 Å². The van der Waals surface area contributed by atoms with Gasteiger partial charge in [0.25, 0.3) is 0 Å². The molecule has 0 amide bonds. The number of hydrogen-bond donors (Lipinski definition) is 5. The van der Waals surface area contributed by atoms with Crippen LogP contribution in [-0.4, -0.2) is 87.9 Å². The molecule has 0 atom stereocenters. The first-order chi connectivity index (χ1) is 36.6. The smallest absolute Gasteiger partial charge is 0.492 e. The molecule has 6 aromatic carbocycles. The fourth-order valence-electron chi connectivity index (χ4n) is 9.80. The largest absolute Gasteiger partial charge is 0.493 e. The highest BCUT2D eigenvalue weighted by molar-refractivity contribution is 9.10. The molecule has 3 aliphatic heterocycles. The SMILES string of the molecule is C.C=CCSCC1=CC(C)(C)Nc2ccc(-c3cccc(OC)c3OC)cc21.CC1=CC(C)(C)Nc2ccc(Br)cc21.COc1cccc(-c2ccc3c(c2)C(C)=CC(C)(C)N3)c1OC.COc1cccc(B(O)O)c1OC. The van der Waals surface area contributed by atoms with Crippen molar-refractivity contribution in [1.29, 1.82) is 0 Å². The maximum atomic E-state index is 8.98. The minimum absolute atomic E-state index is 0. The number of nitrogens with one attached hydrogen (secondary N) is 3. The lowest BCUT2D eigenvalue weighted by atomic mass is 9.79. The predicted molar refractivity (Wildman–Crippen MR) is 336 cm³/mol. The molecule has 6 aromatic rings. The summed E-state index contributed by atoms with van der Waals surface area (Å²) in [6, 6.07) is 36.2. The van der Waals surface area contributed by atoms with Crippen LogP contribution in [0.2, 0.25) is 0 Å². The molecule has 0 unspecified atom stereocenters. The molecule has 5 N–H and O–H groups in total. The number of allylic oxidation sites excluding steroid dienone is 2. The number of benzene rings is 6. The van der Waals surface area contributed by atoms with Gasteiger partial charge in [-0.25, -0.2) is 0 Å². The average Bonchev–Trinajstić information content (AvgIpc) is 3.41. The van der Waals surface area contributed by atoms with Gasteiger partial charge in [0.2, 0.25) is 0 Å². The van der Waals surface area contributed by atoms with Crippen molar-refractivity contribution in [3.05, 3.63) is 161 Å². The van der Waals surface area contributed by atoms with Crippen molar-refractivity contribution in [2.45, 2.75) is 79.4 Å². The molecule has 0 aromatic heterocycles. The van der Waals surface area contributed by atoms with Gasteiger partial charge < -0.3 is 54.4 Å². The van der Waals surface area contributed by atoms with E-state index in [1.54, 1.807) is 46.6 Å². The Labute approximate surface area is 477 Å². The predicted octanol–water partition coefficient (Wildman–Crippen LogP) is 14.9. The summed E-state index contributed by atoms with van der Waals surface area (Å²) in [4.78, 5) is 0. The first-order valence-corrected chi connectivity index (χ1v) is 27.3. The summed E-state index contributed by atoms with van der Waals surface area (Å²) in [5, 5.41) is 28.6. The quantitative estimate of drug-likeness (QED) is 0.0429. The molecule has 414 valence electrons. The van der Waals surface area contributed by atoms with Crippen LogP contribution in [0, 0.1) is 0 Å². The number of hydrogen-bond acceptors (Lipinski definition) is 12. The molecule has 0 radical (unpaired) electrons. The number of methoxy groups -OCH3 is 6. The molecular weight excluding hydrogens is 1060 g/mol. The standard InChI is InChI=1S/C23H27NO2S.C20H23NO2.C12H14BrN.C8H11BO4.CH4/c1-6-12-27-15-17-14-23(2,3)24-20-11-10-16(13-19(17)20)18-8-7-9-21(25-4)22(18)26-5;1-13-12-20(2,3)21-17-10-9-14(11-16(13)17)15-7-6-8-18(22-4)19(15)23-5;1-8-7-12(2,3)14-11-5-4-9(13)6-10(8)11;1-12-7-5-3-4-6(9(10)11)8(7)13-2;/h6-11,13-14,24H,1,12,15H2,2-5H3;6-12,21H,1-5H3;4-7,14H,1-3H3;3-5,10-11H,1-2H3;1H4. The zero-order chi connectivity index (χ0) is 56.2. The van der Waals surface area contributed by atoms with Crippen molar-refractivity contribution in [1.82, 2.24) is 0 Å². The Hall–Kier alpha value is -6.71. The van der Waals surface area contributed by atoms with E-state index in [9.17, 15) is 0 Å². The molecule has 0 saturated heterocycles. The summed E-state index contributed by atoms with van der Waals surface area (Å²) < 4.78 is 33.2. The van der Waals surface area contributed by atoms with Crippen LogP contribution in [0.25, 0.3) is 39.0 Å². The van der Waals surface area contributed by atoms with Crippen molar-refractivity contribution in [2.24, 2.45) is 0 Å². The molecule has 0 spiro atoms. The number of ether oxygens (including phenoxy) is 6. The average molecular weight is 1140 g/mol. The van der Waals surface area contributed by atoms with Crippen LogP contribution >= 0.6 is 27.7 Å². The van der Waals surface area contributed by atoms with Gasteiger partial charge in [0.1, 0.15) is 0 Å². The Kier molecular flexibility index (Phi) is 21.7. The van der Waals surface area contributed by atoms with E-state index in [1.165, 1.54) is 64.7 Å². The summed E-state index contributed by atoms with van der Waals surface area (Å²) in [6.45, 7) is 21.3. The Morgan fingerprint density at radius 1 is 0.526 bits per heavy atom. The normalized spacial score (nSPS) is 14.4. The van der Waals surface area contributed by atoms with Crippen LogP contribution in [-0.2, 0) is 0 Å². The van der Waals surface area contributed by atoms with Crippen molar-refractivity contribution < 1.29 is 38.5 Å². The van der Waals surface area contributed by atoms with Crippen LogP contribution < -0.4 is 49.8 Å². The zero-order valence-corrected chi connectivity index (χ0v) is 49.4. The minimum Gasteiger partial charge on any atom is -0.493 e. The number of thioether (sulfide) groups is 1. The van der Waals surface area contributed by atoms with Crippen LogP contribution in [0.4, 0.5) is 17.1 Å². The minimum atomic E-state index is -1.55. The lowest BCUT2D eigenvalue weighted by Crippen LogP contribution is -2.32. The summed E-state index contributed by atoms with van der Waals surface area (Å²) in [5.41, 5.74) is 15.9. The molecule has 3 heterocycles. The fourth-order valence-corrected chi connectivity index (χ4v) is 10.9. The number of fused-ring (bicyclic) bond motifs is 3. The van der Waals surface area contributed by atoms with Crippen LogP contribution in [0.3, 0.4) is 0 Å². The summed E-state index contributed by atoms with van der Waals surface area (Å²) in [5.74, 6) is 5.75. The number of anilines is 3. The molecule has 0 aliphatic carbocycles. The maximum absolute atomic E-state index is 8.98. The third-order valence-corrected chi connectivity index (χ3v) is 14.4. The molecule has 0 saturated carbocycles. The molecule has 11 nitrogen and oxygen atoms in total. The van der Waals surface area contributed by atoms with E-state index in [2.05, 4.69) is 179 Å². The first kappa shape index (κ1) is 62.1. The van der Waals surface area contributed by atoms with E-state index in [0.717, 1.165) is 61.2 Å². The van der Waals surface area contributed by atoms with E-state index in [1.807, 2.05) is 42.1 Å². The number of rotatable bonds is 13. The molecule has 3 aliphatic rings. The lowest BCUT2D eigenvalue weighted by molar-refractivity contribution is 0.354. The lowest BCUT2D eigenvalue weighted by Gasteiger charge is -2.32. The topological polar surface area (TPSA) is 132 Å². The number of para-hydroxylation sites is 3. The van der Waals surface area contributed by atoms with E-state index in [0.29, 0.717) is 17.0 Å². The molecule has 78 heavy (non-hydrogen) atoms. The Morgan fingerprint density at radius 3 is 1.38 bits per heavy atom. The van der Waals surface area contributed by atoms with Gasteiger partial charge in [-0.1, -0.05) is 96.2 Å². The van der Waals surface area contributed by atoms with Crippen LogP contribution in [0.5, 0.6) is 34.5 Å². The fraction of sp³-hybridized carbons (Fsp3) is 0.312. The second kappa shape index (κ2) is 27.3. The van der Waals surface area contributed by atoms with Crippen molar-refractivity contribution in [3.63, 3.8) is 0 Å². The molecule has 0 fully saturated rings. The Bertz CT molecular complexity index is 3150. The van der Waals surface area contributed by atoms with Crippen LogP contribution in [0.1, 0.15) is 79.5 Å². The molecular formula is C64H79BBrN3O8S. The van der Waals surface area contributed by atoms with E-state index < -0.39 is 7.12 Å². The first-order valence-electron chi connectivity index (χ1n) is 25.3. The zero-order valence-electron chi connectivity index (χ0n) is 47.0. The van der Waals surface area contributed by atoms with Gasteiger partial charge in [0.05, 0.1) is 59.3 Å². The van der Waals surface area contributed by atoms with Crippen molar-refractivity contribution in [3.8, 4) is 56.8 Å². The van der Waals surface area contributed by atoms with Crippen molar-refractivity contribution >= 4 is 74.1 Å². The third kappa shape index (κ3) is 15.3. The van der Waals surface area contributed by atoms with Gasteiger partial charge >= 0.3 is 7.12 Å². The summed E-state index contributed by atoms with van der Waals surface area (Å²) in [6.07, 6.45) is 8.82. The van der Waals surface area contributed by atoms with E-state index in [-0.39, 0.29) is 24.0 Å². The highest BCUT2D eigenvalue weighted by Gasteiger charge is 2.27. The van der Waals surface area contributed by atoms with E-state index in [4.69, 9.17) is 38.5 Å². The Morgan fingerprint density at radius 2 is 0.936 bits per heavy atom. The highest BCUT2D eigenvalue weighted by Crippen LogP contribution is 2.44. The maximum Gasteiger partial charge on any atom is 0.492 e. The molecule has 9 rings (SSSR count). The highest BCUT2D eigenvalue weighted by atomic mass is 79.9. The third-order valence-electron chi connectivity index (χ3n) is 12.9. The second-order valence-corrected chi connectivity index (χ2v) is 22.4. The van der Waals surface area contributed by atoms with Gasteiger partial charge in [-0.2, -0.15) is 11.8 Å². The van der Waals surface area contributed by atoms with Gasteiger partial charge in [0.15, 0.2) is 34.5 Å². The Balaban J connectivity index is 0.000000199. The van der Waals surface area contributed by atoms with Gasteiger partial charge in [-0.3, -0.25) is 0 Å². The second-order valence-electron chi connectivity index (χ2n) is 20.4. The van der Waals surface area contributed by atoms with Gasteiger partial charge in [-0.15, -0.1) is 6.58 Å².